The number of fused-ring (bicyclic) bond motifs is 1. The average Bonchev–Trinajstić information content (AvgIpc) is 1.62. The van der Waals surface area contributed by atoms with Gasteiger partial charge < -0.3 is 104 Å². The summed E-state index contributed by atoms with van der Waals surface area (Å²) in [5, 5.41) is 33.2. The standard InChI is InChI=1S/C57H89N21O12S2/c1-3-31(2)45-53(89)74-38(15-9-23-68-57(64)65)54(90)78-24-10-16-42(78)52(88)75-40(46(59)82)29-91-92-30-41(51(87)73-36(13-7-21-66-55(60)61)48(84)72-37(49(85)77-45)14-8-22-67-56(62)63)76-50(86)39(26-32-11-5-4-6-12-32)71-44(81)28-69-43(80)27-70-47(83)35(58)25-33-17-19-34(79)20-18-33/h4-6,11-12,17-20,31,35-42,45,79H,3,7-10,13-16,21-30,58H2,1-2H3,(H2,59,82)(H,69,80)(H,70,83)(H,71,81)(H,72,84)(H,73,87)(H,74,89)(H,75,88)(H,76,86)(H,77,85)(H4,60,61,66)(H4,62,63,67)(H4,64,65,68)/t31-,35-,36?,37?,38-,39-,40-,41-,42-,45-/m0/s1. The number of phenolic OH excluding ortho intramolecular Hbond substituents is 1. The van der Waals surface area contributed by atoms with E-state index in [-0.39, 0.29) is 119 Å². The number of amides is 11. The molecule has 0 bridgehead atoms. The van der Waals surface area contributed by atoms with Crippen LogP contribution < -0.4 is 93.7 Å². The number of rotatable bonds is 27. The zero-order valence-corrected chi connectivity index (χ0v) is 53.2. The predicted molar refractivity (Wildman–Crippen MR) is 347 cm³/mol. The maximum atomic E-state index is 14.8. The van der Waals surface area contributed by atoms with Crippen LogP contribution in [0.25, 0.3) is 0 Å². The molecule has 10 atom stereocenters. The van der Waals surface area contributed by atoms with Crippen molar-refractivity contribution in [2.75, 3.05) is 50.8 Å². The number of benzene rings is 2. The number of hydrogen-bond acceptors (Lipinski definition) is 18. The lowest BCUT2D eigenvalue weighted by Crippen LogP contribution is -2.61. The molecule has 2 aliphatic heterocycles. The fraction of sp³-hybridized carbons (Fsp3) is 0.544. The Balaban J connectivity index is 1.73. The van der Waals surface area contributed by atoms with Gasteiger partial charge in [0.1, 0.15) is 54.1 Å². The number of hydrogen-bond donors (Lipinski definition) is 18. The second-order valence-corrected chi connectivity index (χ2v) is 24.5. The maximum absolute atomic E-state index is 14.8. The van der Waals surface area contributed by atoms with Gasteiger partial charge in [0.15, 0.2) is 17.9 Å². The molecule has 0 spiro atoms. The third kappa shape index (κ3) is 26.8. The molecule has 2 aliphatic rings. The molecular weight excluding hydrogens is 1230 g/mol. The van der Waals surface area contributed by atoms with E-state index in [1.54, 1.807) is 56.3 Å². The van der Waals surface area contributed by atoms with E-state index in [0.29, 0.717) is 24.0 Å². The molecule has 506 valence electrons. The fourth-order valence-electron chi connectivity index (χ4n) is 9.54. The van der Waals surface area contributed by atoms with E-state index in [0.717, 1.165) is 21.6 Å². The number of nitrogens with zero attached hydrogens (tertiary/aromatic N) is 4. The van der Waals surface area contributed by atoms with Gasteiger partial charge in [0.05, 0.1) is 19.1 Å². The molecule has 2 fully saturated rings. The number of nitrogens with two attached hydrogens (primary N) is 8. The van der Waals surface area contributed by atoms with Crippen LogP contribution in [0, 0.1) is 5.92 Å². The molecule has 0 saturated carbocycles. The number of aromatic hydroxyl groups is 1. The summed E-state index contributed by atoms with van der Waals surface area (Å²) in [6.07, 6.45) is 0.895. The van der Waals surface area contributed by atoms with Crippen molar-refractivity contribution >= 4 is 104 Å². The van der Waals surface area contributed by atoms with Crippen LogP contribution in [0.3, 0.4) is 0 Å². The van der Waals surface area contributed by atoms with Crippen molar-refractivity contribution in [2.45, 2.75) is 139 Å². The highest BCUT2D eigenvalue weighted by molar-refractivity contribution is 8.76. The van der Waals surface area contributed by atoms with E-state index in [9.17, 15) is 57.8 Å². The molecule has 92 heavy (non-hydrogen) atoms. The summed E-state index contributed by atoms with van der Waals surface area (Å²) in [7, 11) is 1.93. The van der Waals surface area contributed by atoms with Crippen LogP contribution in [0.4, 0.5) is 0 Å². The Hall–Kier alpha value is -9.12. The van der Waals surface area contributed by atoms with Crippen LogP contribution in [0.2, 0.25) is 0 Å². The Labute approximate surface area is 540 Å². The number of primary amides is 1. The van der Waals surface area contributed by atoms with Crippen LogP contribution in [-0.2, 0) is 65.6 Å². The highest BCUT2D eigenvalue weighted by Crippen LogP contribution is 2.25. The number of phenols is 1. The lowest BCUT2D eigenvalue weighted by atomic mass is 9.96. The van der Waals surface area contributed by atoms with E-state index in [4.69, 9.17) is 45.9 Å². The van der Waals surface area contributed by atoms with Gasteiger partial charge in [-0.15, -0.1) is 0 Å². The van der Waals surface area contributed by atoms with Crippen molar-refractivity contribution in [1.29, 1.82) is 0 Å². The van der Waals surface area contributed by atoms with Gasteiger partial charge in [0, 0.05) is 44.1 Å². The highest BCUT2D eigenvalue weighted by Gasteiger charge is 2.41. The summed E-state index contributed by atoms with van der Waals surface area (Å²) in [5.74, 6) is -10.8. The normalized spacial score (nSPS) is 21.3. The summed E-state index contributed by atoms with van der Waals surface area (Å²) in [4.78, 5) is 168. The van der Waals surface area contributed by atoms with Crippen molar-refractivity contribution in [2.24, 2.45) is 66.8 Å². The minimum absolute atomic E-state index is 0.00647. The van der Waals surface area contributed by atoms with Crippen LogP contribution in [0.5, 0.6) is 5.75 Å². The predicted octanol–water partition coefficient (Wildman–Crippen LogP) is -5.79. The molecule has 0 aromatic heterocycles. The zero-order valence-electron chi connectivity index (χ0n) is 51.6. The van der Waals surface area contributed by atoms with Gasteiger partial charge in [-0.3, -0.25) is 67.7 Å². The molecule has 0 aliphatic carbocycles. The molecular formula is C57H89N21O12S2. The van der Waals surface area contributed by atoms with E-state index >= 15 is 0 Å². The van der Waals surface area contributed by atoms with E-state index < -0.39 is 138 Å². The van der Waals surface area contributed by atoms with Crippen molar-refractivity contribution in [1.82, 2.24) is 52.8 Å². The number of nitrogens with one attached hydrogen (secondary N) is 9. The molecule has 26 N–H and O–H groups in total. The van der Waals surface area contributed by atoms with Crippen LogP contribution in [0.1, 0.15) is 82.8 Å². The molecule has 4 rings (SSSR count). The van der Waals surface area contributed by atoms with Crippen molar-refractivity contribution in [3.05, 3.63) is 65.7 Å². The topological polar surface area (TPSA) is 565 Å². The zero-order chi connectivity index (χ0) is 67.9. The largest absolute Gasteiger partial charge is 0.508 e. The second kappa shape index (κ2) is 39.2. The molecule has 2 heterocycles. The average molecular weight is 1320 g/mol. The maximum Gasteiger partial charge on any atom is 0.245 e. The summed E-state index contributed by atoms with van der Waals surface area (Å²) >= 11 is 0. The Morgan fingerprint density at radius 2 is 1.16 bits per heavy atom. The smallest absolute Gasteiger partial charge is 0.245 e. The van der Waals surface area contributed by atoms with Gasteiger partial charge in [-0.2, -0.15) is 0 Å². The van der Waals surface area contributed by atoms with E-state index in [1.165, 1.54) is 17.0 Å². The monoisotopic (exact) mass is 1320 g/mol. The first-order valence-electron chi connectivity index (χ1n) is 30.0. The molecule has 0 radical (unpaired) electrons. The molecule has 35 heteroatoms. The molecule has 2 unspecified atom stereocenters. The lowest BCUT2D eigenvalue weighted by molar-refractivity contribution is -0.142. The van der Waals surface area contributed by atoms with Crippen LogP contribution in [-0.4, -0.2) is 198 Å². The molecule has 2 saturated heterocycles. The summed E-state index contributed by atoms with van der Waals surface area (Å²) < 4.78 is 0. The van der Waals surface area contributed by atoms with Crippen molar-refractivity contribution < 1.29 is 57.8 Å². The minimum atomic E-state index is -1.56. The summed E-state index contributed by atoms with van der Waals surface area (Å²) in [6.45, 7) is 2.36. The van der Waals surface area contributed by atoms with Crippen molar-refractivity contribution in [3.63, 3.8) is 0 Å². The van der Waals surface area contributed by atoms with Crippen LogP contribution in [0.15, 0.2) is 69.6 Å². The van der Waals surface area contributed by atoms with Gasteiger partial charge >= 0.3 is 0 Å². The number of aliphatic imine (C=N–C) groups is 3. The molecule has 33 nitrogen and oxygen atoms in total. The second-order valence-electron chi connectivity index (χ2n) is 22.0. The Morgan fingerprint density at radius 3 is 1.74 bits per heavy atom. The minimum Gasteiger partial charge on any atom is -0.508 e. The molecule has 2 aromatic carbocycles. The third-order valence-electron chi connectivity index (χ3n) is 14.7. The quantitative estimate of drug-likeness (QED) is 0.0171. The summed E-state index contributed by atoms with van der Waals surface area (Å²) in [6, 6.07) is 2.47. The number of guanidine groups is 3. The SMILES string of the molecule is CC[C@H](C)[C@@H]1NC(=O)C(CCCN=C(N)N)NC(=O)C(CCCN=C(N)N)NC(=O)[C@@H](NC(=O)[C@H](Cc2ccccc2)NC(=O)CNC(=O)CNC(=O)[C@@H](N)Cc2ccc(O)cc2)CSSC[C@@H](C(N)=O)NC(=O)[C@@H]2CCCN2C(=O)[C@H](CCCN=C(N)N)NC1=O. The number of carbonyl (C=O) groups is 11. The summed E-state index contributed by atoms with van der Waals surface area (Å²) in [5.41, 5.74) is 46.6. The van der Waals surface area contributed by atoms with Gasteiger partial charge in [0.25, 0.3) is 0 Å². The van der Waals surface area contributed by atoms with E-state index in [1.807, 2.05) is 0 Å². The van der Waals surface area contributed by atoms with Gasteiger partial charge in [-0.1, -0.05) is 84.3 Å². The lowest BCUT2D eigenvalue weighted by Gasteiger charge is -2.32. The highest BCUT2D eigenvalue weighted by atomic mass is 33.1. The van der Waals surface area contributed by atoms with Gasteiger partial charge in [-0.05, 0) is 87.0 Å². The van der Waals surface area contributed by atoms with Gasteiger partial charge in [0.2, 0.25) is 65.0 Å². The Bertz CT molecular complexity index is 2930. The van der Waals surface area contributed by atoms with Crippen molar-refractivity contribution in [3.8, 4) is 5.75 Å². The first-order valence-corrected chi connectivity index (χ1v) is 32.5. The van der Waals surface area contributed by atoms with Crippen LogP contribution >= 0.6 is 21.6 Å². The Morgan fingerprint density at radius 1 is 0.630 bits per heavy atom. The first-order chi connectivity index (χ1) is 43.8. The first kappa shape index (κ1) is 75.3. The molecule has 2 aromatic rings. The molecule has 11 amide bonds. The number of carbonyl (C=O) groups excluding carboxylic acids is 11. The van der Waals surface area contributed by atoms with Gasteiger partial charge in [-0.25, -0.2) is 0 Å². The fourth-order valence-corrected chi connectivity index (χ4v) is 11.9. The Kier molecular flexibility index (Phi) is 32.1. The van der Waals surface area contributed by atoms with E-state index in [2.05, 4.69) is 62.8 Å². The third-order valence-corrected chi connectivity index (χ3v) is 17.1.